The van der Waals surface area contributed by atoms with E-state index < -0.39 is 11.1 Å². The van der Waals surface area contributed by atoms with Crippen LogP contribution in [0.15, 0.2) is 34.8 Å². The number of nitrogens with zero attached hydrogens (tertiary/aromatic N) is 4. The molecule has 3 aromatic rings. The van der Waals surface area contributed by atoms with E-state index in [0.29, 0.717) is 15.2 Å². The molecule has 0 spiro atoms. The van der Waals surface area contributed by atoms with Gasteiger partial charge in [0.15, 0.2) is 16.9 Å². The van der Waals surface area contributed by atoms with Crippen LogP contribution in [0.5, 0.6) is 5.75 Å². The fraction of sp³-hybridized carbons (Fsp3) is 0.167. The Kier molecular flexibility index (Phi) is 6.73. The molecule has 8 nitrogen and oxygen atoms in total. The Morgan fingerprint density at radius 3 is 2.57 bits per heavy atom. The Balaban J connectivity index is 2.05. The van der Waals surface area contributed by atoms with Gasteiger partial charge in [-0.05, 0) is 40.2 Å². The fourth-order valence-electron chi connectivity index (χ4n) is 2.65. The van der Waals surface area contributed by atoms with Crippen LogP contribution in [0.1, 0.15) is 10.4 Å². The van der Waals surface area contributed by atoms with Crippen molar-refractivity contribution in [2.45, 2.75) is 0 Å². The van der Waals surface area contributed by atoms with E-state index in [1.165, 1.54) is 9.80 Å². The summed E-state index contributed by atoms with van der Waals surface area (Å²) in [6.07, 6.45) is 0. The molecule has 0 bridgehead atoms. The molecular formula is C18H16BrCl2N5O3S. The van der Waals surface area contributed by atoms with Gasteiger partial charge >= 0.3 is 0 Å². The monoisotopic (exact) mass is 531 g/mol. The van der Waals surface area contributed by atoms with Crippen molar-refractivity contribution in [1.82, 2.24) is 13.6 Å². The van der Waals surface area contributed by atoms with Gasteiger partial charge in [0.05, 0.1) is 27.0 Å². The lowest BCUT2D eigenvalue weighted by Crippen LogP contribution is -2.23. The van der Waals surface area contributed by atoms with Gasteiger partial charge in [-0.3, -0.25) is 4.79 Å². The summed E-state index contributed by atoms with van der Waals surface area (Å²) in [5.74, 6) is -0.288. The molecule has 2 N–H and O–H groups in total. The molecule has 0 radical (unpaired) electrons. The quantitative estimate of drug-likeness (QED) is 0.435. The molecule has 30 heavy (non-hydrogen) atoms. The van der Waals surface area contributed by atoms with Crippen LogP contribution < -0.4 is 10.2 Å². The zero-order chi connectivity index (χ0) is 22.2. The molecular weight excluding hydrogens is 517 g/mol. The summed E-state index contributed by atoms with van der Waals surface area (Å²) in [4.78, 5) is 15.3. The number of anilines is 4. The van der Waals surface area contributed by atoms with E-state index in [-0.39, 0.29) is 39.6 Å². The number of rotatable bonds is 5. The summed E-state index contributed by atoms with van der Waals surface area (Å²) in [6, 6.07) is 8.24. The highest BCUT2D eigenvalue weighted by molar-refractivity contribution is 9.10. The third-order valence-electron chi connectivity index (χ3n) is 4.16. The van der Waals surface area contributed by atoms with E-state index in [4.69, 9.17) is 23.2 Å². The predicted molar refractivity (Wildman–Crippen MR) is 122 cm³/mol. The third kappa shape index (κ3) is 4.33. The van der Waals surface area contributed by atoms with Crippen LogP contribution in [-0.4, -0.2) is 50.4 Å². The predicted octanol–water partition coefficient (Wildman–Crippen LogP) is 5.19. The van der Waals surface area contributed by atoms with Crippen molar-refractivity contribution in [3.8, 4) is 5.75 Å². The van der Waals surface area contributed by atoms with Crippen LogP contribution in [0.25, 0.3) is 0 Å². The standard InChI is InChI=1S/C18H16BrCl2N5O3S/c1-25(2)18(28)13-9(19)7-8-12(15(13)27)26(3)17-16(23-30(29)24-17)22-11-6-4-5-10(20)14(11)21/h4-8,27H,1-3H3,(H,22,23). The Morgan fingerprint density at radius 1 is 1.20 bits per heavy atom. The summed E-state index contributed by atoms with van der Waals surface area (Å²) in [7, 11) is 4.77. The topological polar surface area (TPSA) is 105 Å². The Morgan fingerprint density at radius 2 is 1.90 bits per heavy atom. The van der Waals surface area contributed by atoms with Crippen LogP contribution in [0, 0.1) is 0 Å². The van der Waals surface area contributed by atoms with Crippen molar-refractivity contribution in [2.24, 2.45) is 0 Å². The van der Waals surface area contributed by atoms with E-state index in [1.807, 2.05) is 0 Å². The minimum absolute atomic E-state index is 0.0911. The second-order valence-electron chi connectivity index (χ2n) is 6.36. The number of carbonyl (C=O) groups excluding carboxylic acids is 1. The number of benzene rings is 2. The smallest absolute Gasteiger partial charge is 0.258 e. The Bertz CT molecular complexity index is 1130. The lowest BCUT2D eigenvalue weighted by molar-refractivity contribution is 0.0824. The number of nitrogens with one attached hydrogen (secondary N) is 1. The highest BCUT2D eigenvalue weighted by Gasteiger charge is 2.27. The van der Waals surface area contributed by atoms with Crippen LogP contribution in [0.3, 0.4) is 0 Å². The fourth-order valence-corrected chi connectivity index (χ4v) is 4.17. The van der Waals surface area contributed by atoms with Gasteiger partial charge in [0, 0.05) is 34.4 Å². The van der Waals surface area contributed by atoms with Crippen LogP contribution in [-0.2, 0) is 0 Å². The minimum Gasteiger partial charge on any atom is -0.546 e. The first-order chi connectivity index (χ1) is 14.1. The van der Waals surface area contributed by atoms with E-state index in [0.717, 1.165) is 0 Å². The summed E-state index contributed by atoms with van der Waals surface area (Å²) in [5, 5.41) is 14.4. The second kappa shape index (κ2) is 8.94. The maximum atomic E-state index is 12.5. The van der Waals surface area contributed by atoms with Crippen molar-refractivity contribution in [3.05, 3.63) is 50.4 Å². The largest absolute Gasteiger partial charge is 0.546 e. The van der Waals surface area contributed by atoms with Crippen molar-refractivity contribution < 1.29 is 14.5 Å². The van der Waals surface area contributed by atoms with Gasteiger partial charge in [-0.2, -0.15) is 0 Å². The molecule has 0 aliphatic carbocycles. The number of halogens is 3. The van der Waals surface area contributed by atoms with Crippen LogP contribution >= 0.6 is 50.3 Å². The third-order valence-corrected chi connectivity index (χ3v) is 6.30. The number of hydrogen-bond acceptors (Lipinski definition) is 7. The molecule has 0 aliphatic heterocycles. The van der Waals surface area contributed by atoms with Gasteiger partial charge < -0.3 is 24.8 Å². The molecule has 0 saturated heterocycles. The number of phenolic OH excluding ortho intramolecular Hbond substituents is 1. The first kappa shape index (κ1) is 22.6. The maximum absolute atomic E-state index is 12.5. The van der Waals surface area contributed by atoms with E-state index in [9.17, 15) is 14.5 Å². The first-order valence-corrected chi connectivity index (χ1v) is 11.0. The number of hydrogen-bond donors (Lipinski definition) is 2. The van der Waals surface area contributed by atoms with Gasteiger partial charge in [-0.15, -0.1) is 0 Å². The van der Waals surface area contributed by atoms with Crippen molar-refractivity contribution >= 4 is 79.2 Å². The number of aromatic nitrogens is 2. The van der Waals surface area contributed by atoms with Gasteiger partial charge in [0.2, 0.25) is 11.6 Å². The normalized spacial score (nSPS) is 11.4. The van der Waals surface area contributed by atoms with Crippen LogP contribution in [0.4, 0.5) is 23.0 Å². The SMILES string of the molecule is CN(C)C(=O)c1c(Br)ccc(N(C)c2n[s+]([O-])nc2Nc2cccc(Cl)c2Cl)c1O. The average molecular weight is 533 g/mol. The molecule has 1 unspecified atom stereocenters. The first-order valence-electron chi connectivity index (χ1n) is 8.39. The van der Waals surface area contributed by atoms with E-state index in [1.54, 1.807) is 51.5 Å². The maximum Gasteiger partial charge on any atom is 0.258 e. The van der Waals surface area contributed by atoms with E-state index in [2.05, 4.69) is 30.0 Å². The summed E-state index contributed by atoms with van der Waals surface area (Å²) in [6.45, 7) is 0. The second-order valence-corrected chi connectivity index (χ2v) is 8.83. The molecule has 1 amide bonds. The molecule has 1 heterocycles. The van der Waals surface area contributed by atoms with E-state index >= 15 is 0 Å². The molecule has 12 heteroatoms. The highest BCUT2D eigenvalue weighted by atomic mass is 79.9. The molecule has 158 valence electrons. The zero-order valence-corrected chi connectivity index (χ0v) is 19.9. The van der Waals surface area contributed by atoms with Gasteiger partial charge in [-0.1, -0.05) is 29.3 Å². The number of aromatic hydroxyl groups is 1. The summed E-state index contributed by atoms with van der Waals surface area (Å²) in [5.41, 5.74) is 0.813. The molecule has 3 rings (SSSR count). The molecule has 2 aromatic carbocycles. The van der Waals surface area contributed by atoms with Crippen molar-refractivity contribution in [3.63, 3.8) is 0 Å². The lowest BCUT2D eigenvalue weighted by Gasteiger charge is -2.21. The molecule has 0 saturated carbocycles. The summed E-state index contributed by atoms with van der Waals surface area (Å²) < 4.78 is 20.5. The zero-order valence-electron chi connectivity index (χ0n) is 16.0. The molecule has 0 aliphatic rings. The van der Waals surface area contributed by atoms with Crippen molar-refractivity contribution in [1.29, 1.82) is 0 Å². The summed E-state index contributed by atoms with van der Waals surface area (Å²) >= 11 is 13.7. The number of phenols is 1. The highest BCUT2D eigenvalue weighted by Crippen LogP contribution is 2.42. The van der Waals surface area contributed by atoms with Crippen LogP contribution in [0.2, 0.25) is 10.0 Å². The van der Waals surface area contributed by atoms with Gasteiger partial charge in [0.25, 0.3) is 5.91 Å². The lowest BCUT2D eigenvalue weighted by atomic mass is 10.1. The van der Waals surface area contributed by atoms with Gasteiger partial charge in [0.1, 0.15) is 0 Å². The van der Waals surface area contributed by atoms with Gasteiger partial charge in [-0.25, -0.2) is 0 Å². The molecule has 0 fully saturated rings. The number of carbonyl (C=O) groups is 1. The molecule has 1 aromatic heterocycles. The van der Waals surface area contributed by atoms with Crippen molar-refractivity contribution in [2.75, 3.05) is 31.4 Å². The Labute approximate surface area is 194 Å². The Hall–Kier alpha value is -2.11. The minimum atomic E-state index is -1.87. The average Bonchev–Trinajstić information content (AvgIpc) is 3.05. The number of amides is 1. The molecule has 1 atom stereocenters.